The summed E-state index contributed by atoms with van der Waals surface area (Å²) in [6, 6.07) is 11.6. The van der Waals surface area contributed by atoms with Gasteiger partial charge in [0, 0.05) is 43.4 Å². The van der Waals surface area contributed by atoms with Gasteiger partial charge in [-0.3, -0.25) is 0 Å². The molecule has 0 amide bonds. The molecule has 0 unspecified atom stereocenters. The highest BCUT2D eigenvalue weighted by Gasteiger charge is 2.14. The van der Waals surface area contributed by atoms with Crippen LogP contribution in [0.3, 0.4) is 0 Å². The van der Waals surface area contributed by atoms with E-state index in [0.29, 0.717) is 36.3 Å². The van der Waals surface area contributed by atoms with E-state index >= 15 is 0 Å². The van der Waals surface area contributed by atoms with Crippen LogP contribution in [-0.4, -0.2) is 67.4 Å². The Morgan fingerprint density at radius 3 is 2.68 bits per heavy atom. The number of nitrogens with zero attached hydrogens (tertiary/aromatic N) is 3. The summed E-state index contributed by atoms with van der Waals surface area (Å²) in [5.74, 6) is 2.40. The number of benzene rings is 2. The van der Waals surface area contributed by atoms with Gasteiger partial charge in [-0.25, -0.2) is 9.97 Å². The smallest absolute Gasteiger partial charge is 0.230 e. The van der Waals surface area contributed by atoms with Crippen LogP contribution in [0.4, 0.5) is 0 Å². The van der Waals surface area contributed by atoms with Gasteiger partial charge in [-0.2, -0.15) is 0 Å². The molecule has 0 saturated heterocycles. The van der Waals surface area contributed by atoms with Crippen molar-refractivity contribution >= 4 is 21.8 Å². The molecular formula is C23H26N4O4. The number of fused-ring (bicyclic) bond motifs is 2. The number of ether oxygens (including phenoxy) is 4. The fourth-order valence-electron chi connectivity index (χ4n) is 3.27. The average Bonchev–Trinajstić information content (AvgIpc) is 3.25. The van der Waals surface area contributed by atoms with Crippen LogP contribution < -0.4 is 14.2 Å². The number of hydrogen-bond donors (Lipinski definition) is 1. The van der Waals surface area contributed by atoms with E-state index in [1.54, 1.807) is 14.2 Å². The summed E-state index contributed by atoms with van der Waals surface area (Å²) in [4.78, 5) is 14.0. The third-order valence-corrected chi connectivity index (χ3v) is 5.03. The van der Waals surface area contributed by atoms with Crippen LogP contribution in [0.5, 0.6) is 23.1 Å². The molecule has 0 spiro atoms. The highest BCUT2D eigenvalue weighted by Crippen LogP contribution is 2.36. The van der Waals surface area contributed by atoms with E-state index in [0.717, 1.165) is 34.9 Å². The molecule has 8 nitrogen and oxygen atoms in total. The topological polar surface area (TPSA) is 81.7 Å². The minimum absolute atomic E-state index is 0.462. The fraction of sp³-hybridized carbons (Fsp3) is 0.304. The lowest BCUT2D eigenvalue weighted by Crippen LogP contribution is -2.27. The lowest BCUT2D eigenvalue weighted by molar-refractivity contribution is 0.149. The van der Waals surface area contributed by atoms with E-state index < -0.39 is 0 Å². The highest BCUT2D eigenvalue weighted by atomic mass is 16.5. The largest absolute Gasteiger partial charge is 0.493 e. The third kappa shape index (κ3) is 4.87. The monoisotopic (exact) mass is 422 g/mol. The van der Waals surface area contributed by atoms with Crippen LogP contribution >= 0.6 is 0 Å². The molecule has 2 heterocycles. The van der Waals surface area contributed by atoms with E-state index in [1.807, 2.05) is 49.6 Å². The zero-order chi connectivity index (χ0) is 21.6. The molecule has 4 aromatic rings. The van der Waals surface area contributed by atoms with Gasteiger partial charge in [-0.15, -0.1) is 0 Å². The standard InChI is InChI=1S/C23H26N4O4/c1-27(8-10-28-2)9-11-30-22-14-20-18(13-21(22)29-3)23(26-15-25-20)31-17-4-5-19-16(12-17)6-7-24-19/h4-7,12-15,24H,8-11H2,1-3H3. The molecule has 0 bridgehead atoms. The number of hydrogen-bond acceptors (Lipinski definition) is 7. The number of H-pyrrole nitrogens is 1. The first kappa shape index (κ1) is 20.9. The molecule has 0 aliphatic carbocycles. The van der Waals surface area contributed by atoms with E-state index in [2.05, 4.69) is 19.9 Å². The Morgan fingerprint density at radius 1 is 0.968 bits per heavy atom. The van der Waals surface area contributed by atoms with Crippen molar-refractivity contribution in [2.45, 2.75) is 0 Å². The SMILES string of the molecule is COCCN(C)CCOc1cc2ncnc(Oc3ccc4[nH]ccc4c3)c2cc1OC. The van der Waals surface area contributed by atoms with Crippen LogP contribution in [0.15, 0.2) is 48.9 Å². The Labute approximate surface area is 180 Å². The van der Waals surface area contributed by atoms with E-state index in [-0.39, 0.29) is 0 Å². The number of nitrogens with one attached hydrogen (secondary N) is 1. The first-order valence-electron chi connectivity index (χ1n) is 10.1. The highest BCUT2D eigenvalue weighted by molar-refractivity contribution is 5.87. The van der Waals surface area contributed by atoms with Crippen molar-refractivity contribution < 1.29 is 18.9 Å². The van der Waals surface area contributed by atoms with Gasteiger partial charge in [0.15, 0.2) is 11.5 Å². The summed E-state index contributed by atoms with van der Waals surface area (Å²) in [6.45, 7) is 2.82. The maximum Gasteiger partial charge on any atom is 0.230 e. The molecule has 1 N–H and O–H groups in total. The van der Waals surface area contributed by atoms with Gasteiger partial charge < -0.3 is 28.8 Å². The first-order chi connectivity index (χ1) is 15.2. The zero-order valence-corrected chi connectivity index (χ0v) is 17.9. The molecule has 162 valence electrons. The normalized spacial score (nSPS) is 11.4. The molecule has 8 heteroatoms. The van der Waals surface area contributed by atoms with Crippen LogP contribution in [0.25, 0.3) is 21.8 Å². The second kappa shape index (κ2) is 9.63. The van der Waals surface area contributed by atoms with Crippen molar-refractivity contribution in [1.29, 1.82) is 0 Å². The van der Waals surface area contributed by atoms with Crippen molar-refractivity contribution in [2.75, 3.05) is 47.6 Å². The summed E-state index contributed by atoms with van der Waals surface area (Å²) in [7, 11) is 5.34. The van der Waals surface area contributed by atoms with Crippen molar-refractivity contribution in [3.05, 3.63) is 48.9 Å². The Bertz CT molecular complexity index is 1160. The maximum absolute atomic E-state index is 6.08. The molecule has 0 aliphatic heterocycles. The van der Waals surface area contributed by atoms with Crippen molar-refractivity contribution in [3.8, 4) is 23.1 Å². The number of methoxy groups -OCH3 is 2. The predicted octanol–water partition coefficient (Wildman–Crippen LogP) is 3.87. The van der Waals surface area contributed by atoms with Gasteiger partial charge in [0.25, 0.3) is 0 Å². The van der Waals surface area contributed by atoms with E-state index in [9.17, 15) is 0 Å². The lowest BCUT2D eigenvalue weighted by atomic mass is 10.2. The van der Waals surface area contributed by atoms with Crippen LogP contribution in [0.2, 0.25) is 0 Å². The Morgan fingerprint density at radius 2 is 1.84 bits per heavy atom. The van der Waals surface area contributed by atoms with E-state index in [4.69, 9.17) is 18.9 Å². The van der Waals surface area contributed by atoms with Gasteiger partial charge in [0.05, 0.1) is 24.6 Å². The van der Waals surface area contributed by atoms with Crippen LogP contribution in [0.1, 0.15) is 0 Å². The summed E-state index contributed by atoms with van der Waals surface area (Å²) in [5, 5.41) is 1.82. The van der Waals surface area contributed by atoms with Gasteiger partial charge in [-0.05, 0) is 37.4 Å². The van der Waals surface area contributed by atoms with E-state index in [1.165, 1.54) is 6.33 Å². The summed E-state index contributed by atoms with van der Waals surface area (Å²) >= 11 is 0. The quantitative estimate of drug-likeness (QED) is 0.415. The van der Waals surface area contributed by atoms with Crippen molar-refractivity contribution in [1.82, 2.24) is 19.9 Å². The predicted molar refractivity (Wildman–Crippen MR) is 119 cm³/mol. The van der Waals surface area contributed by atoms with Crippen LogP contribution in [0, 0.1) is 0 Å². The Balaban J connectivity index is 1.54. The molecular weight excluding hydrogens is 396 g/mol. The third-order valence-electron chi connectivity index (χ3n) is 5.03. The number of aromatic nitrogens is 3. The summed E-state index contributed by atoms with van der Waals surface area (Å²) in [5.41, 5.74) is 1.77. The molecule has 0 aliphatic rings. The van der Waals surface area contributed by atoms with Crippen LogP contribution in [-0.2, 0) is 4.74 Å². The number of aromatic amines is 1. The number of rotatable bonds is 10. The van der Waals surface area contributed by atoms with Gasteiger partial charge in [-0.1, -0.05) is 0 Å². The molecule has 31 heavy (non-hydrogen) atoms. The molecule has 0 fully saturated rings. The molecule has 0 atom stereocenters. The van der Waals surface area contributed by atoms with Gasteiger partial charge >= 0.3 is 0 Å². The summed E-state index contributed by atoms with van der Waals surface area (Å²) in [6.07, 6.45) is 3.39. The molecule has 2 aromatic carbocycles. The minimum Gasteiger partial charge on any atom is -0.493 e. The number of likely N-dealkylation sites (N-methyl/N-ethyl adjacent to an activating group) is 1. The second-order valence-electron chi connectivity index (χ2n) is 7.17. The summed E-state index contributed by atoms with van der Waals surface area (Å²) < 4.78 is 22.7. The Hall–Kier alpha value is -3.36. The molecule has 0 saturated carbocycles. The molecule has 4 rings (SSSR count). The Kier molecular flexibility index (Phi) is 6.49. The minimum atomic E-state index is 0.462. The van der Waals surface area contributed by atoms with Crippen molar-refractivity contribution in [3.63, 3.8) is 0 Å². The first-order valence-corrected chi connectivity index (χ1v) is 10.1. The van der Waals surface area contributed by atoms with Gasteiger partial charge in [0.2, 0.25) is 5.88 Å². The maximum atomic E-state index is 6.08. The second-order valence-corrected chi connectivity index (χ2v) is 7.17. The lowest BCUT2D eigenvalue weighted by Gasteiger charge is -2.17. The molecule has 0 radical (unpaired) electrons. The zero-order valence-electron chi connectivity index (χ0n) is 17.9. The average molecular weight is 422 g/mol. The van der Waals surface area contributed by atoms with Gasteiger partial charge in [0.1, 0.15) is 18.7 Å². The van der Waals surface area contributed by atoms with Crippen molar-refractivity contribution in [2.24, 2.45) is 0 Å². The fourth-order valence-corrected chi connectivity index (χ4v) is 3.27. The molecule has 2 aromatic heterocycles.